The zero-order chi connectivity index (χ0) is 21.8. The van der Waals surface area contributed by atoms with Crippen molar-refractivity contribution in [1.29, 1.82) is 5.26 Å². The number of hydrogen-bond acceptors (Lipinski definition) is 6. The summed E-state index contributed by atoms with van der Waals surface area (Å²) >= 11 is 0. The Morgan fingerprint density at radius 2 is 1.90 bits per heavy atom. The molecule has 0 radical (unpaired) electrons. The van der Waals surface area contributed by atoms with Crippen molar-refractivity contribution in [3.05, 3.63) is 71.4 Å². The molecule has 0 unspecified atom stereocenters. The molecule has 4 heterocycles. The predicted molar refractivity (Wildman–Crippen MR) is 107 cm³/mol. The zero-order valence-electron chi connectivity index (χ0n) is 16.5. The summed E-state index contributed by atoms with van der Waals surface area (Å²) in [6.07, 6.45) is 4.63. The predicted octanol–water partition coefficient (Wildman–Crippen LogP) is 3.39. The Morgan fingerprint density at radius 3 is 2.71 bits per heavy atom. The number of aromatic nitrogens is 7. The summed E-state index contributed by atoms with van der Waals surface area (Å²) in [5.41, 5.74) is 2.27. The molecular weight excluding hydrogens is 402 g/mol. The largest absolute Gasteiger partial charge is 0.334 e. The molecule has 0 aliphatic rings. The van der Waals surface area contributed by atoms with Crippen molar-refractivity contribution in [1.82, 2.24) is 34.6 Å². The summed E-state index contributed by atoms with van der Waals surface area (Å²) in [6.45, 7) is 1.63. The first-order valence-electron chi connectivity index (χ1n) is 9.28. The third-order valence-corrected chi connectivity index (χ3v) is 5.12. The third kappa shape index (κ3) is 2.90. The lowest BCUT2D eigenvalue weighted by Crippen LogP contribution is -2.21. The Labute approximate surface area is 174 Å². The third-order valence-electron chi connectivity index (χ3n) is 5.12. The van der Waals surface area contributed by atoms with Gasteiger partial charge in [0.2, 0.25) is 5.82 Å². The van der Waals surface area contributed by atoms with Crippen molar-refractivity contribution in [3.8, 4) is 17.3 Å². The van der Waals surface area contributed by atoms with E-state index in [0.29, 0.717) is 33.3 Å². The number of fused-ring (bicyclic) bond motifs is 2. The van der Waals surface area contributed by atoms with E-state index in [2.05, 4.69) is 25.4 Å². The van der Waals surface area contributed by atoms with Crippen LogP contribution in [-0.2, 0) is 13.0 Å². The van der Waals surface area contributed by atoms with E-state index in [0.717, 1.165) is 4.52 Å². The van der Waals surface area contributed by atoms with Gasteiger partial charge in [-0.05, 0) is 36.8 Å². The molecule has 0 fully saturated rings. The van der Waals surface area contributed by atoms with Crippen LogP contribution in [0, 0.1) is 18.3 Å². The summed E-state index contributed by atoms with van der Waals surface area (Å²) in [4.78, 5) is 4.00. The maximum atomic E-state index is 15.7. The fraction of sp³-hybridized carbons (Fsp3) is 0.143. The summed E-state index contributed by atoms with van der Waals surface area (Å²) in [5, 5.41) is 25.9. The van der Waals surface area contributed by atoms with Gasteiger partial charge in [-0.2, -0.15) is 28.8 Å². The number of aryl methyl sites for hydroxylation is 2. The lowest BCUT2D eigenvalue weighted by molar-refractivity contribution is 0.0301. The quantitative estimate of drug-likeness (QED) is 0.447. The minimum Gasteiger partial charge on any atom is -0.275 e. The number of pyridine rings is 1. The van der Waals surface area contributed by atoms with Crippen molar-refractivity contribution in [3.63, 3.8) is 0 Å². The van der Waals surface area contributed by atoms with E-state index in [1.807, 2.05) is 6.07 Å². The number of hydrogen-bond donors (Lipinski definition) is 0. The second kappa shape index (κ2) is 6.63. The molecule has 0 bridgehead atoms. The summed E-state index contributed by atoms with van der Waals surface area (Å²) in [6, 6.07) is 9.68. The van der Waals surface area contributed by atoms with E-state index in [1.165, 1.54) is 18.5 Å². The molecule has 5 rings (SSSR count). The van der Waals surface area contributed by atoms with E-state index in [-0.39, 0.29) is 11.2 Å². The molecule has 0 atom stereocenters. The van der Waals surface area contributed by atoms with Crippen LogP contribution in [0.3, 0.4) is 0 Å². The van der Waals surface area contributed by atoms with Gasteiger partial charge in [0, 0.05) is 42.2 Å². The van der Waals surface area contributed by atoms with Crippen LogP contribution < -0.4 is 0 Å². The van der Waals surface area contributed by atoms with Crippen molar-refractivity contribution < 1.29 is 8.78 Å². The minimum atomic E-state index is -3.45. The maximum absolute atomic E-state index is 15.7. The van der Waals surface area contributed by atoms with Crippen LogP contribution >= 0.6 is 0 Å². The number of alkyl halides is 2. The van der Waals surface area contributed by atoms with Gasteiger partial charge < -0.3 is 0 Å². The molecule has 0 N–H and O–H groups in total. The van der Waals surface area contributed by atoms with Gasteiger partial charge in [-0.25, -0.2) is 0 Å². The standard InChI is InChI=1S/C21H14F2N8/c1-12-15-11-30(2)28-18(15)4-3-16(12)21(22,23)20-27-26-19-6-5-17(29-31(19)20)14-7-13(8-24)9-25-10-14/h3-7,9-11H,1-2H3. The zero-order valence-corrected chi connectivity index (χ0v) is 16.5. The fourth-order valence-electron chi connectivity index (χ4n) is 3.59. The van der Waals surface area contributed by atoms with Crippen LogP contribution in [0.1, 0.15) is 22.5 Å². The summed E-state index contributed by atoms with van der Waals surface area (Å²) in [7, 11) is 1.74. The Kier molecular flexibility index (Phi) is 4.01. The Morgan fingerprint density at radius 1 is 1.06 bits per heavy atom. The van der Waals surface area contributed by atoms with Gasteiger partial charge in [0.25, 0.3) is 0 Å². The van der Waals surface area contributed by atoms with E-state index >= 15 is 8.78 Å². The van der Waals surface area contributed by atoms with E-state index < -0.39 is 11.7 Å². The highest BCUT2D eigenvalue weighted by Gasteiger charge is 2.41. The molecule has 0 aliphatic heterocycles. The van der Waals surface area contributed by atoms with Gasteiger partial charge in [-0.1, -0.05) is 6.07 Å². The number of benzene rings is 1. The molecule has 1 aromatic carbocycles. The van der Waals surface area contributed by atoms with Gasteiger partial charge in [-0.15, -0.1) is 10.2 Å². The Balaban J connectivity index is 1.67. The molecule has 31 heavy (non-hydrogen) atoms. The minimum absolute atomic E-state index is 0.183. The van der Waals surface area contributed by atoms with Crippen LogP contribution in [0.15, 0.2) is 48.9 Å². The summed E-state index contributed by atoms with van der Waals surface area (Å²) in [5.74, 6) is -4.05. The lowest BCUT2D eigenvalue weighted by Gasteiger charge is -2.17. The van der Waals surface area contributed by atoms with Gasteiger partial charge >= 0.3 is 5.92 Å². The molecule has 5 aromatic rings. The Bertz CT molecular complexity index is 1510. The number of nitrogens with zero attached hydrogens (tertiary/aromatic N) is 8. The normalized spacial score (nSPS) is 11.8. The van der Waals surface area contributed by atoms with Gasteiger partial charge in [0.15, 0.2) is 5.65 Å². The first-order chi connectivity index (χ1) is 14.9. The highest BCUT2D eigenvalue weighted by atomic mass is 19.3. The molecule has 0 amide bonds. The number of nitriles is 1. The van der Waals surface area contributed by atoms with Crippen molar-refractivity contribution >= 4 is 16.6 Å². The van der Waals surface area contributed by atoms with Crippen molar-refractivity contribution in [2.75, 3.05) is 0 Å². The first-order valence-corrected chi connectivity index (χ1v) is 9.28. The summed E-state index contributed by atoms with van der Waals surface area (Å²) < 4.78 is 33.9. The van der Waals surface area contributed by atoms with E-state index in [4.69, 9.17) is 5.26 Å². The molecule has 0 saturated carbocycles. The molecular formula is C21H14F2N8. The molecule has 0 spiro atoms. The second-order valence-corrected chi connectivity index (χ2v) is 7.13. The topological polar surface area (TPSA) is 97.6 Å². The lowest BCUT2D eigenvalue weighted by atomic mass is 9.99. The van der Waals surface area contributed by atoms with Crippen LogP contribution in [0.25, 0.3) is 27.8 Å². The molecule has 0 aliphatic carbocycles. The van der Waals surface area contributed by atoms with Crippen LogP contribution in [-0.4, -0.2) is 34.6 Å². The second-order valence-electron chi connectivity index (χ2n) is 7.13. The smallest absolute Gasteiger partial charge is 0.275 e. The van der Waals surface area contributed by atoms with Crippen LogP contribution in [0.2, 0.25) is 0 Å². The van der Waals surface area contributed by atoms with E-state index in [9.17, 15) is 0 Å². The number of halogens is 2. The van der Waals surface area contributed by atoms with E-state index in [1.54, 1.807) is 49.1 Å². The van der Waals surface area contributed by atoms with Crippen LogP contribution in [0.4, 0.5) is 8.78 Å². The van der Waals surface area contributed by atoms with Crippen LogP contribution in [0.5, 0.6) is 0 Å². The molecule has 10 heteroatoms. The average Bonchev–Trinajstić information content (AvgIpc) is 3.37. The molecule has 0 saturated heterocycles. The average molecular weight is 416 g/mol. The van der Waals surface area contributed by atoms with Crippen molar-refractivity contribution in [2.45, 2.75) is 12.8 Å². The van der Waals surface area contributed by atoms with Crippen molar-refractivity contribution in [2.24, 2.45) is 7.05 Å². The number of rotatable bonds is 3. The first kappa shape index (κ1) is 18.7. The van der Waals surface area contributed by atoms with Gasteiger partial charge in [-0.3, -0.25) is 9.67 Å². The van der Waals surface area contributed by atoms with Gasteiger partial charge in [0.05, 0.1) is 16.8 Å². The monoisotopic (exact) mass is 416 g/mol. The Hall–Kier alpha value is -4.26. The molecule has 152 valence electrons. The SMILES string of the molecule is Cc1c(C(F)(F)c2nnc3ccc(-c4cncc(C#N)c4)nn23)ccc2nn(C)cc12. The molecule has 8 nitrogen and oxygen atoms in total. The maximum Gasteiger partial charge on any atom is 0.334 e. The fourth-order valence-corrected chi connectivity index (χ4v) is 3.59. The highest BCUT2D eigenvalue weighted by molar-refractivity contribution is 5.83. The molecule has 4 aromatic heterocycles. The van der Waals surface area contributed by atoms with Gasteiger partial charge in [0.1, 0.15) is 6.07 Å². The highest BCUT2D eigenvalue weighted by Crippen LogP contribution is 2.38.